The summed E-state index contributed by atoms with van der Waals surface area (Å²) in [5, 5.41) is 10.4. The van der Waals surface area contributed by atoms with Crippen LogP contribution in [0.1, 0.15) is 24.6 Å². The van der Waals surface area contributed by atoms with E-state index >= 15 is 0 Å². The van der Waals surface area contributed by atoms with E-state index in [4.69, 9.17) is 0 Å². The number of anilines is 1. The number of aryl methyl sites for hydroxylation is 1. The van der Waals surface area contributed by atoms with Crippen molar-refractivity contribution < 1.29 is 14.4 Å². The number of Topliss-reactive ketones (excluding diaryl/α,β-unsaturated/α-hetero) is 1. The lowest BCUT2D eigenvalue weighted by molar-refractivity contribution is -0.117. The van der Waals surface area contributed by atoms with Crippen molar-refractivity contribution in [2.45, 2.75) is 26.2 Å². The maximum atomic E-state index is 13.3. The Morgan fingerprint density at radius 1 is 1.48 bits per heavy atom. The van der Waals surface area contributed by atoms with Gasteiger partial charge in [0, 0.05) is 30.1 Å². The quantitative estimate of drug-likeness (QED) is 0.403. The summed E-state index contributed by atoms with van der Waals surface area (Å²) in [6.45, 7) is 3.56. The van der Waals surface area contributed by atoms with Crippen molar-refractivity contribution >= 4 is 49.7 Å². The number of hydrogen-bond donors (Lipinski definition) is 2. The molecule has 0 saturated carbocycles. The second-order valence-corrected chi connectivity index (χ2v) is 8.21. The number of ketones is 1. The average molecular weight is 455 g/mol. The summed E-state index contributed by atoms with van der Waals surface area (Å²) in [6.07, 6.45) is 4.19. The number of rotatable bonds is 5. The maximum absolute atomic E-state index is 13.3. The zero-order chi connectivity index (χ0) is 19.4. The van der Waals surface area contributed by atoms with Crippen LogP contribution in [0, 0.1) is 11.7 Å². The molecule has 2 aromatic rings. The standard InChI is InChI=1S/C18H20BrFN4O2S/c1-2-13-10-21-18(27-13)24-7-5-11(6-8-24)16(25)17(23-26)22-12-3-4-15(20)14(19)9-12/h3-4,9-11,26H,2,5-8H2,1H3,(H,22,23). The van der Waals surface area contributed by atoms with E-state index < -0.39 is 5.82 Å². The van der Waals surface area contributed by atoms with Crippen molar-refractivity contribution in [3.63, 3.8) is 0 Å². The van der Waals surface area contributed by atoms with Crippen LogP contribution in [0.3, 0.4) is 0 Å². The lowest BCUT2D eigenvalue weighted by Crippen LogP contribution is -2.41. The maximum Gasteiger partial charge on any atom is 0.203 e. The normalized spacial score (nSPS) is 15.9. The number of aliphatic imine (C=N–C) groups is 1. The number of halogens is 2. The molecule has 1 saturated heterocycles. The third-order valence-electron chi connectivity index (χ3n) is 4.51. The molecule has 0 unspecified atom stereocenters. The van der Waals surface area contributed by atoms with Crippen LogP contribution in [0.5, 0.6) is 0 Å². The summed E-state index contributed by atoms with van der Waals surface area (Å²) in [4.78, 5) is 24.7. The van der Waals surface area contributed by atoms with Gasteiger partial charge in [0.1, 0.15) is 5.82 Å². The van der Waals surface area contributed by atoms with Crippen molar-refractivity contribution in [1.29, 1.82) is 0 Å². The molecule has 144 valence electrons. The van der Waals surface area contributed by atoms with Crippen LogP contribution in [-0.4, -0.2) is 34.9 Å². The number of nitrogens with zero attached hydrogens (tertiary/aromatic N) is 3. The Hall–Kier alpha value is -1.84. The van der Waals surface area contributed by atoms with Gasteiger partial charge in [-0.25, -0.2) is 19.8 Å². The van der Waals surface area contributed by atoms with Gasteiger partial charge in [0.2, 0.25) is 5.78 Å². The fraction of sp³-hybridized carbons (Fsp3) is 0.389. The summed E-state index contributed by atoms with van der Waals surface area (Å²) in [5.74, 6) is -1.02. The molecule has 0 atom stereocenters. The molecule has 2 N–H and O–H groups in total. The Morgan fingerprint density at radius 3 is 2.81 bits per heavy atom. The number of benzene rings is 1. The van der Waals surface area contributed by atoms with E-state index in [0.29, 0.717) is 18.5 Å². The van der Waals surface area contributed by atoms with E-state index in [1.165, 1.54) is 23.1 Å². The van der Waals surface area contributed by atoms with Gasteiger partial charge in [0.15, 0.2) is 11.0 Å². The van der Waals surface area contributed by atoms with Gasteiger partial charge in [-0.15, -0.1) is 11.3 Å². The van der Waals surface area contributed by atoms with E-state index in [1.807, 2.05) is 11.7 Å². The van der Waals surface area contributed by atoms with Crippen molar-refractivity contribution in [1.82, 2.24) is 10.5 Å². The van der Waals surface area contributed by atoms with E-state index in [2.05, 4.69) is 37.7 Å². The molecule has 1 aliphatic rings. The summed E-state index contributed by atoms with van der Waals surface area (Å²) >= 11 is 4.77. The van der Waals surface area contributed by atoms with E-state index in [1.54, 1.807) is 11.3 Å². The zero-order valence-corrected chi connectivity index (χ0v) is 17.2. The number of hydrogen-bond acceptors (Lipinski definition) is 6. The monoisotopic (exact) mass is 454 g/mol. The molecule has 27 heavy (non-hydrogen) atoms. The first-order valence-corrected chi connectivity index (χ1v) is 10.3. The van der Waals surface area contributed by atoms with Crippen LogP contribution < -0.4 is 10.4 Å². The first-order valence-electron chi connectivity index (χ1n) is 8.69. The molecule has 0 bridgehead atoms. The molecular weight excluding hydrogens is 435 g/mol. The molecule has 1 aromatic carbocycles. The molecule has 2 heterocycles. The molecular formula is C18H20BrFN4O2S. The third kappa shape index (κ3) is 4.72. The minimum atomic E-state index is -0.417. The van der Waals surface area contributed by atoms with Crippen molar-refractivity contribution in [2.75, 3.05) is 18.0 Å². The first kappa shape index (κ1) is 19.9. The highest BCUT2D eigenvalue weighted by molar-refractivity contribution is 9.10. The smallest absolute Gasteiger partial charge is 0.203 e. The molecule has 6 nitrogen and oxygen atoms in total. The highest BCUT2D eigenvalue weighted by Gasteiger charge is 2.29. The first-order chi connectivity index (χ1) is 13.0. The number of aromatic nitrogens is 1. The van der Waals surface area contributed by atoms with Crippen LogP contribution in [0.2, 0.25) is 0 Å². The van der Waals surface area contributed by atoms with Gasteiger partial charge in [-0.3, -0.25) is 10.0 Å². The second-order valence-electron chi connectivity index (χ2n) is 6.26. The predicted octanol–water partition coefficient (Wildman–Crippen LogP) is 4.10. The zero-order valence-electron chi connectivity index (χ0n) is 14.8. The number of hydroxylamine groups is 1. The summed E-state index contributed by atoms with van der Waals surface area (Å²) < 4.78 is 13.6. The van der Waals surface area contributed by atoms with Gasteiger partial charge in [-0.2, -0.15) is 0 Å². The Kier molecular flexibility index (Phi) is 6.56. The Balaban J connectivity index is 1.66. The average Bonchev–Trinajstić information content (AvgIpc) is 3.17. The van der Waals surface area contributed by atoms with E-state index in [0.717, 1.165) is 24.6 Å². The molecule has 1 fully saturated rings. The van der Waals surface area contributed by atoms with Gasteiger partial charge >= 0.3 is 0 Å². The third-order valence-corrected chi connectivity index (χ3v) is 6.32. The van der Waals surface area contributed by atoms with Crippen molar-refractivity contribution in [3.8, 4) is 0 Å². The highest BCUT2D eigenvalue weighted by atomic mass is 79.9. The van der Waals surface area contributed by atoms with Crippen molar-refractivity contribution in [3.05, 3.63) is 39.6 Å². The molecule has 9 heteroatoms. The molecule has 1 aromatic heterocycles. The van der Waals surface area contributed by atoms with Gasteiger partial charge < -0.3 is 4.90 Å². The Bertz CT molecular complexity index is 850. The van der Waals surface area contributed by atoms with Crippen LogP contribution in [0.15, 0.2) is 33.9 Å². The summed E-state index contributed by atoms with van der Waals surface area (Å²) in [7, 11) is 0. The summed E-state index contributed by atoms with van der Waals surface area (Å²) in [5.41, 5.74) is 2.28. The fourth-order valence-corrected chi connectivity index (χ4v) is 4.22. The van der Waals surface area contributed by atoms with Crippen molar-refractivity contribution in [2.24, 2.45) is 10.9 Å². The number of carbonyl (C=O) groups excluding carboxylic acids is 1. The number of nitrogens with one attached hydrogen (secondary N) is 1. The summed E-state index contributed by atoms with van der Waals surface area (Å²) in [6, 6.07) is 4.15. The number of amidine groups is 1. The highest BCUT2D eigenvalue weighted by Crippen LogP contribution is 2.28. The van der Waals surface area contributed by atoms with Crippen LogP contribution in [-0.2, 0) is 11.2 Å². The lowest BCUT2D eigenvalue weighted by atomic mass is 9.92. The molecule has 0 spiro atoms. The van der Waals surface area contributed by atoms with Gasteiger partial charge in [0.05, 0.1) is 10.2 Å². The lowest BCUT2D eigenvalue weighted by Gasteiger charge is -2.31. The molecule has 1 aliphatic heterocycles. The number of carbonyl (C=O) groups is 1. The Labute approximate surface area is 169 Å². The topological polar surface area (TPSA) is 77.8 Å². The molecule has 0 aliphatic carbocycles. The molecule has 3 rings (SSSR count). The van der Waals surface area contributed by atoms with E-state index in [9.17, 15) is 14.4 Å². The predicted molar refractivity (Wildman–Crippen MR) is 108 cm³/mol. The van der Waals surface area contributed by atoms with Gasteiger partial charge in [-0.1, -0.05) is 6.92 Å². The molecule has 0 radical (unpaired) electrons. The molecule has 0 amide bonds. The second kappa shape index (κ2) is 8.90. The van der Waals surface area contributed by atoms with E-state index in [-0.39, 0.29) is 22.0 Å². The number of thiazole rings is 1. The minimum absolute atomic E-state index is 0.130. The van der Waals surface area contributed by atoms with Crippen LogP contribution >= 0.6 is 27.3 Å². The van der Waals surface area contributed by atoms with Crippen LogP contribution in [0.4, 0.5) is 15.2 Å². The SMILES string of the molecule is CCc1cnc(N2CCC(C(=O)C(=Nc3ccc(F)c(Br)c3)NO)CC2)s1. The Morgan fingerprint density at radius 2 is 2.22 bits per heavy atom. The number of piperidine rings is 1. The van der Waals surface area contributed by atoms with Gasteiger partial charge in [0.25, 0.3) is 0 Å². The van der Waals surface area contributed by atoms with Crippen LogP contribution in [0.25, 0.3) is 0 Å². The largest absolute Gasteiger partial charge is 0.348 e. The fourth-order valence-electron chi connectivity index (χ4n) is 2.95. The van der Waals surface area contributed by atoms with Gasteiger partial charge in [-0.05, 0) is 53.4 Å². The minimum Gasteiger partial charge on any atom is -0.348 e.